The van der Waals surface area contributed by atoms with Crippen molar-refractivity contribution < 1.29 is 23.6 Å². The Morgan fingerprint density at radius 2 is 2.00 bits per heavy atom. The molecule has 0 aliphatic heterocycles. The maximum Gasteiger partial charge on any atom is 0.321 e. The zero-order valence-electron chi connectivity index (χ0n) is 13.8. The van der Waals surface area contributed by atoms with E-state index in [1.807, 2.05) is 0 Å². The average molecular weight is 353 g/mol. The topological polar surface area (TPSA) is 111 Å². The zero-order valence-corrected chi connectivity index (χ0v) is 13.8. The van der Waals surface area contributed by atoms with Gasteiger partial charge in [-0.1, -0.05) is 19.3 Å². The van der Waals surface area contributed by atoms with Gasteiger partial charge >= 0.3 is 11.7 Å². The van der Waals surface area contributed by atoms with Crippen LogP contribution in [-0.2, 0) is 4.79 Å². The Labute approximate surface area is 143 Å². The number of halogens is 1. The van der Waals surface area contributed by atoms with Crippen LogP contribution in [-0.4, -0.2) is 29.0 Å². The monoisotopic (exact) mass is 353 g/mol. The smallest absolute Gasteiger partial charge is 0.321 e. The minimum absolute atomic E-state index is 0.0297. The van der Waals surface area contributed by atoms with Gasteiger partial charge in [-0.15, -0.1) is 0 Å². The predicted molar refractivity (Wildman–Crippen MR) is 86.7 cm³/mol. The maximum atomic E-state index is 13.3. The number of nitro groups is 1. The van der Waals surface area contributed by atoms with E-state index in [1.54, 1.807) is 0 Å². The lowest BCUT2D eigenvalue weighted by molar-refractivity contribution is -0.386. The number of carbonyl (C=O) groups excluding carboxylic acids is 2. The molecule has 2 N–H and O–H groups in total. The van der Waals surface area contributed by atoms with Crippen LogP contribution in [0.1, 0.15) is 39.0 Å². The number of hydrogen-bond donors (Lipinski definition) is 2. The van der Waals surface area contributed by atoms with Gasteiger partial charge in [0.15, 0.2) is 6.10 Å². The number of carbonyl (C=O) groups is 2. The lowest BCUT2D eigenvalue weighted by atomic mass is 9.96. The molecule has 1 aliphatic rings. The number of nitro benzene ring substituents is 1. The van der Waals surface area contributed by atoms with Gasteiger partial charge in [-0.25, -0.2) is 9.18 Å². The van der Waals surface area contributed by atoms with Crippen molar-refractivity contribution in [2.45, 2.75) is 51.2 Å². The van der Waals surface area contributed by atoms with Crippen LogP contribution in [0.2, 0.25) is 0 Å². The first-order valence-electron chi connectivity index (χ1n) is 8.09. The highest BCUT2D eigenvalue weighted by Gasteiger charge is 2.24. The molecule has 0 heterocycles. The molecular formula is C16H20FN3O5. The van der Waals surface area contributed by atoms with Gasteiger partial charge < -0.3 is 10.1 Å². The molecule has 3 amide bonds. The highest BCUT2D eigenvalue weighted by Crippen LogP contribution is 2.28. The molecule has 8 nitrogen and oxygen atoms in total. The SMILES string of the molecule is C[C@@H](Oc1cc(F)ccc1[N+](=O)[O-])C(=O)NC(=O)NC1CCCCC1. The molecule has 1 aliphatic carbocycles. The molecule has 9 heteroatoms. The summed E-state index contributed by atoms with van der Waals surface area (Å²) in [6, 6.07) is 2.09. The highest BCUT2D eigenvalue weighted by molar-refractivity contribution is 5.96. The van der Waals surface area contributed by atoms with E-state index in [1.165, 1.54) is 6.92 Å². The summed E-state index contributed by atoms with van der Waals surface area (Å²) in [6.45, 7) is 1.32. The molecule has 0 aromatic heterocycles. The van der Waals surface area contributed by atoms with Crippen LogP contribution in [0.25, 0.3) is 0 Å². The first-order chi connectivity index (χ1) is 11.9. The number of urea groups is 1. The van der Waals surface area contributed by atoms with E-state index >= 15 is 0 Å². The Kier molecular flexibility index (Phi) is 6.26. The Balaban J connectivity index is 1.92. The van der Waals surface area contributed by atoms with Crippen molar-refractivity contribution in [2.24, 2.45) is 0 Å². The van der Waals surface area contributed by atoms with Gasteiger partial charge in [-0.2, -0.15) is 0 Å². The number of hydrogen-bond acceptors (Lipinski definition) is 5. The largest absolute Gasteiger partial charge is 0.474 e. The van der Waals surface area contributed by atoms with Crippen LogP contribution in [0.4, 0.5) is 14.9 Å². The summed E-state index contributed by atoms with van der Waals surface area (Å²) in [5.74, 6) is -1.88. The fourth-order valence-corrected chi connectivity index (χ4v) is 2.66. The van der Waals surface area contributed by atoms with E-state index in [9.17, 15) is 24.1 Å². The summed E-state index contributed by atoms with van der Waals surface area (Å²) in [5.41, 5.74) is -0.465. The van der Waals surface area contributed by atoms with Crippen LogP contribution >= 0.6 is 0 Å². The van der Waals surface area contributed by atoms with E-state index in [2.05, 4.69) is 10.6 Å². The van der Waals surface area contributed by atoms with Gasteiger partial charge in [0, 0.05) is 18.2 Å². The second-order valence-corrected chi connectivity index (χ2v) is 5.93. The van der Waals surface area contributed by atoms with Crippen molar-refractivity contribution in [1.29, 1.82) is 0 Å². The van der Waals surface area contributed by atoms with E-state index in [4.69, 9.17) is 4.74 Å². The third kappa shape index (κ3) is 5.40. The summed E-state index contributed by atoms with van der Waals surface area (Å²) in [4.78, 5) is 34.0. The first kappa shape index (κ1) is 18.6. The molecule has 1 saturated carbocycles. The first-order valence-corrected chi connectivity index (χ1v) is 8.09. The third-order valence-electron chi connectivity index (χ3n) is 3.97. The van der Waals surface area contributed by atoms with Crippen molar-refractivity contribution >= 4 is 17.6 Å². The summed E-state index contributed by atoms with van der Waals surface area (Å²) in [6.07, 6.45) is 3.71. The molecule has 25 heavy (non-hydrogen) atoms. The molecule has 136 valence electrons. The number of imide groups is 1. The molecule has 1 atom stereocenters. The maximum absolute atomic E-state index is 13.3. The molecule has 1 aromatic rings. The van der Waals surface area contributed by atoms with Crippen LogP contribution in [0.15, 0.2) is 18.2 Å². The van der Waals surface area contributed by atoms with Crippen molar-refractivity contribution in [3.05, 3.63) is 34.1 Å². The normalized spacial score (nSPS) is 15.9. The molecule has 0 bridgehead atoms. The second-order valence-electron chi connectivity index (χ2n) is 5.93. The van der Waals surface area contributed by atoms with Crippen molar-refractivity contribution in [3.8, 4) is 5.75 Å². The van der Waals surface area contributed by atoms with Crippen molar-refractivity contribution in [2.75, 3.05) is 0 Å². The fraction of sp³-hybridized carbons (Fsp3) is 0.500. The molecule has 2 rings (SSSR count). The van der Waals surface area contributed by atoms with Gasteiger partial charge in [0.1, 0.15) is 5.82 Å². The summed E-state index contributed by atoms with van der Waals surface area (Å²) < 4.78 is 18.4. The Hall–Kier alpha value is -2.71. The number of benzene rings is 1. The molecule has 1 fully saturated rings. The van der Waals surface area contributed by atoms with Crippen molar-refractivity contribution in [1.82, 2.24) is 10.6 Å². The quantitative estimate of drug-likeness (QED) is 0.624. The Morgan fingerprint density at radius 1 is 1.32 bits per heavy atom. The minimum atomic E-state index is -1.21. The van der Waals surface area contributed by atoms with Gasteiger partial charge in [0.05, 0.1) is 4.92 Å². The van der Waals surface area contributed by atoms with Crippen LogP contribution in [0, 0.1) is 15.9 Å². The number of nitrogens with one attached hydrogen (secondary N) is 2. The second kappa shape index (κ2) is 8.41. The van der Waals surface area contributed by atoms with Crippen LogP contribution in [0.3, 0.4) is 0 Å². The number of ether oxygens (including phenoxy) is 1. The van der Waals surface area contributed by atoms with Gasteiger partial charge in [0.2, 0.25) is 5.75 Å². The van der Waals surface area contributed by atoms with Crippen LogP contribution in [0.5, 0.6) is 5.75 Å². The Morgan fingerprint density at radius 3 is 2.64 bits per heavy atom. The summed E-state index contributed by atoms with van der Waals surface area (Å²) in [5, 5.41) is 15.8. The lowest BCUT2D eigenvalue weighted by Crippen LogP contribution is -2.48. The summed E-state index contributed by atoms with van der Waals surface area (Å²) >= 11 is 0. The molecule has 0 unspecified atom stereocenters. The molecular weight excluding hydrogens is 333 g/mol. The van der Waals surface area contributed by atoms with E-state index in [0.717, 1.165) is 50.3 Å². The average Bonchev–Trinajstić information content (AvgIpc) is 2.55. The molecule has 0 radical (unpaired) electrons. The standard InChI is InChI=1S/C16H20FN3O5/c1-10(25-14-9-11(17)7-8-13(14)20(23)24)15(21)19-16(22)18-12-5-3-2-4-6-12/h7-10,12H,2-6H2,1H3,(H2,18,19,21,22)/t10-/m1/s1. The molecule has 1 aromatic carbocycles. The third-order valence-corrected chi connectivity index (χ3v) is 3.97. The molecule has 0 saturated heterocycles. The number of nitrogens with zero attached hydrogens (tertiary/aromatic N) is 1. The minimum Gasteiger partial charge on any atom is -0.474 e. The fourth-order valence-electron chi connectivity index (χ4n) is 2.66. The highest BCUT2D eigenvalue weighted by atomic mass is 19.1. The number of amides is 3. The predicted octanol–water partition coefficient (Wildman–Crippen LogP) is 2.66. The van der Waals surface area contributed by atoms with Gasteiger partial charge in [-0.3, -0.25) is 20.2 Å². The number of rotatable bonds is 5. The van der Waals surface area contributed by atoms with E-state index in [0.29, 0.717) is 0 Å². The Bertz CT molecular complexity index is 661. The lowest BCUT2D eigenvalue weighted by Gasteiger charge is -2.23. The van der Waals surface area contributed by atoms with E-state index < -0.39 is 34.5 Å². The summed E-state index contributed by atoms with van der Waals surface area (Å²) in [7, 11) is 0. The van der Waals surface area contributed by atoms with Crippen molar-refractivity contribution in [3.63, 3.8) is 0 Å². The van der Waals surface area contributed by atoms with E-state index in [-0.39, 0.29) is 11.8 Å². The van der Waals surface area contributed by atoms with Crippen LogP contribution < -0.4 is 15.4 Å². The van der Waals surface area contributed by atoms with Gasteiger partial charge in [0.25, 0.3) is 5.91 Å². The zero-order chi connectivity index (χ0) is 18.4. The van der Waals surface area contributed by atoms with Gasteiger partial charge in [-0.05, 0) is 25.8 Å². The molecule has 0 spiro atoms.